The van der Waals surface area contributed by atoms with Crippen molar-refractivity contribution in [2.24, 2.45) is 11.7 Å². The monoisotopic (exact) mass is 353 g/mol. The van der Waals surface area contributed by atoms with Crippen LogP contribution < -0.4 is 5.73 Å². The third kappa shape index (κ3) is 3.96. The van der Waals surface area contributed by atoms with Crippen molar-refractivity contribution in [1.29, 1.82) is 0 Å². The van der Waals surface area contributed by atoms with Crippen LogP contribution >= 0.6 is 0 Å². The number of rotatable bonds is 5. The second-order valence-corrected chi connectivity index (χ2v) is 8.49. The van der Waals surface area contributed by atoms with Crippen LogP contribution in [-0.4, -0.2) is 56.3 Å². The van der Waals surface area contributed by atoms with Gasteiger partial charge in [0, 0.05) is 32.7 Å². The van der Waals surface area contributed by atoms with Crippen molar-refractivity contribution < 1.29 is 13.2 Å². The Kier molecular flexibility index (Phi) is 6.01. The van der Waals surface area contributed by atoms with E-state index in [-0.39, 0.29) is 29.3 Å². The molecule has 2 atom stereocenters. The van der Waals surface area contributed by atoms with E-state index in [9.17, 15) is 13.2 Å². The van der Waals surface area contributed by atoms with Crippen LogP contribution in [-0.2, 0) is 14.8 Å². The minimum Gasteiger partial charge on any atom is -0.342 e. The smallest absolute Gasteiger partial charge is 0.243 e. The topological polar surface area (TPSA) is 83.7 Å². The minimum absolute atomic E-state index is 0.0308. The summed E-state index contributed by atoms with van der Waals surface area (Å²) < 4.78 is 27.1. The summed E-state index contributed by atoms with van der Waals surface area (Å²) in [5.74, 6) is -0.338. The number of carbonyl (C=O) groups excluding carboxylic acids is 1. The van der Waals surface area contributed by atoms with Crippen molar-refractivity contribution in [1.82, 2.24) is 9.21 Å². The van der Waals surface area contributed by atoms with E-state index >= 15 is 0 Å². The van der Waals surface area contributed by atoms with E-state index < -0.39 is 10.0 Å². The molecule has 1 aliphatic heterocycles. The second-order valence-electron chi connectivity index (χ2n) is 6.55. The predicted octanol–water partition coefficient (Wildman–Crippen LogP) is 1.20. The first-order valence-electron chi connectivity index (χ1n) is 8.31. The first-order valence-corrected chi connectivity index (χ1v) is 9.75. The summed E-state index contributed by atoms with van der Waals surface area (Å²) in [5.41, 5.74) is 6.64. The number of piperidine rings is 1. The van der Waals surface area contributed by atoms with E-state index in [1.54, 1.807) is 36.2 Å². The van der Waals surface area contributed by atoms with Gasteiger partial charge in [-0.05, 0) is 38.8 Å². The molecule has 1 saturated heterocycles. The molecule has 2 rings (SSSR count). The van der Waals surface area contributed by atoms with Crippen molar-refractivity contribution in [3.05, 3.63) is 29.8 Å². The van der Waals surface area contributed by atoms with E-state index in [1.165, 1.54) is 4.31 Å². The van der Waals surface area contributed by atoms with E-state index in [1.807, 2.05) is 13.8 Å². The molecule has 1 aromatic rings. The van der Waals surface area contributed by atoms with Crippen LogP contribution in [0.1, 0.15) is 25.3 Å². The maximum atomic E-state index is 12.8. The van der Waals surface area contributed by atoms with Crippen molar-refractivity contribution in [3.63, 3.8) is 0 Å². The van der Waals surface area contributed by atoms with Gasteiger partial charge in [-0.15, -0.1) is 0 Å². The Labute approximate surface area is 144 Å². The SMILES string of the molecule is Cc1ccc(S(=O)(=O)N2CCCC(C(=O)N(C)C(C)CN)C2)cc1. The maximum absolute atomic E-state index is 12.8. The van der Waals surface area contributed by atoms with E-state index in [0.717, 1.165) is 5.56 Å². The van der Waals surface area contributed by atoms with Gasteiger partial charge in [-0.1, -0.05) is 17.7 Å². The fraction of sp³-hybridized carbons (Fsp3) is 0.588. The lowest BCUT2D eigenvalue weighted by atomic mass is 9.97. The highest BCUT2D eigenvalue weighted by molar-refractivity contribution is 7.89. The van der Waals surface area contributed by atoms with Crippen LogP contribution in [0.4, 0.5) is 0 Å². The Morgan fingerprint density at radius 3 is 2.58 bits per heavy atom. The first-order chi connectivity index (χ1) is 11.3. The molecule has 0 aromatic heterocycles. The maximum Gasteiger partial charge on any atom is 0.243 e. The fourth-order valence-corrected chi connectivity index (χ4v) is 4.41. The highest BCUT2D eigenvalue weighted by Crippen LogP contribution is 2.25. The standard InChI is InChI=1S/C17H27N3O3S/c1-13-6-8-16(9-7-13)24(22,23)20-10-4-5-15(12-20)17(21)19(3)14(2)11-18/h6-9,14-15H,4-5,10-12,18H2,1-3H3. The molecule has 0 spiro atoms. The lowest BCUT2D eigenvalue weighted by molar-refractivity contribution is -0.137. The first kappa shape index (κ1) is 18.9. The molecule has 1 fully saturated rings. The average Bonchev–Trinajstić information content (AvgIpc) is 2.60. The molecule has 6 nitrogen and oxygen atoms in total. The van der Waals surface area contributed by atoms with Crippen LogP contribution in [0.5, 0.6) is 0 Å². The number of benzene rings is 1. The van der Waals surface area contributed by atoms with Gasteiger partial charge in [0.2, 0.25) is 15.9 Å². The van der Waals surface area contributed by atoms with E-state index in [4.69, 9.17) is 5.73 Å². The third-order valence-corrected chi connectivity index (χ3v) is 6.62. The van der Waals surface area contributed by atoms with Crippen LogP contribution in [0.3, 0.4) is 0 Å². The van der Waals surface area contributed by atoms with Gasteiger partial charge in [0.05, 0.1) is 10.8 Å². The van der Waals surface area contributed by atoms with Crippen LogP contribution in [0.25, 0.3) is 0 Å². The number of amides is 1. The Morgan fingerprint density at radius 1 is 1.38 bits per heavy atom. The van der Waals surface area contributed by atoms with Crippen molar-refractivity contribution in [2.75, 3.05) is 26.7 Å². The Balaban J connectivity index is 2.15. The lowest BCUT2D eigenvalue weighted by Gasteiger charge is -2.34. The van der Waals surface area contributed by atoms with Gasteiger partial charge in [0.15, 0.2) is 0 Å². The van der Waals surface area contributed by atoms with Crippen LogP contribution in [0, 0.1) is 12.8 Å². The zero-order valence-corrected chi connectivity index (χ0v) is 15.4. The number of sulfonamides is 1. The van der Waals surface area contributed by atoms with Gasteiger partial charge < -0.3 is 10.6 Å². The van der Waals surface area contributed by atoms with Crippen molar-refractivity contribution in [2.45, 2.75) is 37.6 Å². The highest BCUT2D eigenvalue weighted by Gasteiger charge is 2.35. The number of hydrogen-bond donors (Lipinski definition) is 1. The summed E-state index contributed by atoms with van der Waals surface area (Å²) in [4.78, 5) is 14.5. The van der Waals surface area contributed by atoms with Crippen molar-refractivity contribution in [3.8, 4) is 0 Å². The molecule has 7 heteroatoms. The number of nitrogens with zero attached hydrogens (tertiary/aromatic N) is 2. The molecular formula is C17H27N3O3S. The van der Waals surface area contributed by atoms with Gasteiger partial charge in [-0.3, -0.25) is 4.79 Å². The van der Waals surface area contributed by atoms with E-state index in [2.05, 4.69) is 0 Å². The summed E-state index contributed by atoms with van der Waals surface area (Å²) >= 11 is 0. The molecule has 1 amide bonds. The van der Waals surface area contributed by atoms with Crippen molar-refractivity contribution >= 4 is 15.9 Å². The molecule has 0 aliphatic carbocycles. The Hall–Kier alpha value is -1.44. The molecule has 0 radical (unpaired) electrons. The fourth-order valence-electron chi connectivity index (χ4n) is 2.88. The Morgan fingerprint density at radius 2 is 2.00 bits per heavy atom. The zero-order chi connectivity index (χ0) is 17.9. The van der Waals surface area contributed by atoms with Crippen LogP contribution in [0.2, 0.25) is 0 Å². The van der Waals surface area contributed by atoms with Gasteiger partial charge >= 0.3 is 0 Å². The largest absolute Gasteiger partial charge is 0.342 e. The van der Waals surface area contributed by atoms with Gasteiger partial charge in [0.1, 0.15) is 0 Å². The van der Waals surface area contributed by atoms with Gasteiger partial charge in [0.25, 0.3) is 0 Å². The third-order valence-electron chi connectivity index (χ3n) is 4.74. The second kappa shape index (κ2) is 7.63. The summed E-state index contributed by atoms with van der Waals surface area (Å²) in [5, 5.41) is 0. The number of hydrogen-bond acceptors (Lipinski definition) is 4. The molecule has 2 N–H and O–H groups in total. The molecule has 134 valence electrons. The highest BCUT2D eigenvalue weighted by atomic mass is 32.2. The normalized spacial score (nSPS) is 20.6. The number of likely N-dealkylation sites (N-methyl/N-ethyl adjacent to an activating group) is 1. The summed E-state index contributed by atoms with van der Waals surface area (Å²) in [6, 6.07) is 6.77. The van der Waals surface area contributed by atoms with E-state index in [0.29, 0.717) is 25.9 Å². The molecule has 2 unspecified atom stereocenters. The summed E-state index contributed by atoms with van der Waals surface area (Å²) in [6.45, 7) is 4.88. The van der Waals surface area contributed by atoms with Gasteiger partial charge in [-0.25, -0.2) is 8.42 Å². The molecular weight excluding hydrogens is 326 g/mol. The predicted molar refractivity (Wildman–Crippen MR) is 93.9 cm³/mol. The average molecular weight is 353 g/mol. The molecule has 0 saturated carbocycles. The summed E-state index contributed by atoms with van der Waals surface area (Å²) in [7, 11) is -1.83. The lowest BCUT2D eigenvalue weighted by Crippen LogP contribution is -2.49. The number of nitrogens with two attached hydrogens (primary N) is 1. The molecule has 1 aliphatic rings. The molecule has 0 bridgehead atoms. The number of aryl methyl sites for hydroxylation is 1. The molecule has 24 heavy (non-hydrogen) atoms. The zero-order valence-electron chi connectivity index (χ0n) is 14.6. The Bertz CT molecular complexity index is 673. The molecule has 1 heterocycles. The van der Waals surface area contributed by atoms with Crippen LogP contribution in [0.15, 0.2) is 29.2 Å². The summed E-state index contributed by atoms with van der Waals surface area (Å²) in [6.07, 6.45) is 1.40. The number of carbonyl (C=O) groups is 1. The van der Waals surface area contributed by atoms with Gasteiger partial charge in [-0.2, -0.15) is 4.31 Å². The quantitative estimate of drug-likeness (QED) is 0.862. The minimum atomic E-state index is -3.56. The molecule has 1 aromatic carbocycles.